The summed E-state index contributed by atoms with van der Waals surface area (Å²) in [5.41, 5.74) is 0. The molecule has 0 aromatic heterocycles. The molecule has 1 heterocycles. The smallest absolute Gasteiger partial charge is 0.0583 e. The van der Waals surface area contributed by atoms with Gasteiger partial charge < -0.3 is 10.4 Å². The predicted octanol–water partition coefficient (Wildman–Crippen LogP) is 1.29. The third-order valence-electron chi connectivity index (χ3n) is 3.40. The summed E-state index contributed by atoms with van der Waals surface area (Å²) in [6, 6.07) is 0.622. The molecule has 12 heavy (non-hydrogen) atoms. The molecule has 0 radical (unpaired) electrons. The van der Waals surface area contributed by atoms with E-state index in [0.717, 1.165) is 13.0 Å². The summed E-state index contributed by atoms with van der Waals surface area (Å²) in [4.78, 5) is 0. The number of hydrogen-bond donors (Lipinski definition) is 2. The monoisotopic (exact) mass is 169 g/mol. The van der Waals surface area contributed by atoms with Crippen LogP contribution in [-0.4, -0.2) is 23.8 Å². The number of nitrogens with one attached hydrogen (secondary N) is 1. The van der Waals surface area contributed by atoms with E-state index in [1.165, 1.54) is 32.1 Å². The molecule has 70 valence electrons. The zero-order valence-electron chi connectivity index (χ0n) is 7.63. The third-order valence-corrected chi connectivity index (χ3v) is 3.40. The van der Waals surface area contributed by atoms with Crippen LogP contribution >= 0.6 is 0 Å². The Balaban J connectivity index is 1.89. The van der Waals surface area contributed by atoms with Gasteiger partial charge in [0.2, 0.25) is 0 Å². The second-order valence-electron chi connectivity index (χ2n) is 4.22. The normalized spacial score (nSPS) is 43.2. The molecule has 2 N–H and O–H groups in total. The molecule has 0 aromatic rings. The number of hydrogen-bond acceptors (Lipinski definition) is 2. The lowest BCUT2D eigenvalue weighted by molar-refractivity contribution is 0.101. The van der Waals surface area contributed by atoms with Crippen molar-refractivity contribution in [2.24, 2.45) is 5.92 Å². The maximum atomic E-state index is 9.70. The first-order chi connectivity index (χ1) is 5.88. The summed E-state index contributed by atoms with van der Waals surface area (Å²) in [6.45, 7) is 1.16. The van der Waals surface area contributed by atoms with E-state index >= 15 is 0 Å². The van der Waals surface area contributed by atoms with Crippen molar-refractivity contribution >= 4 is 0 Å². The highest BCUT2D eigenvalue weighted by atomic mass is 16.3. The van der Waals surface area contributed by atoms with Crippen LogP contribution in [0.1, 0.15) is 38.5 Å². The van der Waals surface area contributed by atoms with Gasteiger partial charge in [-0.05, 0) is 32.2 Å². The van der Waals surface area contributed by atoms with E-state index in [-0.39, 0.29) is 6.10 Å². The Morgan fingerprint density at radius 1 is 1.00 bits per heavy atom. The fraction of sp³-hybridized carbons (Fsp3) is 1.00. The van der Waals surface area contributed by atoms with Crippen molar-refractivity contribution in [2.45, 2.75) is 50.7 Å². The van der Waals surface area contributed by atoms with Gasteiger partial charge in [-0.25, -0.2) is 0 Å². The number of aliphatic hydroxyl groups excluding tert-OH is 1. The number of piperidine rings is 1. The Morgan fingerprint density at radius 2 is 1.92 bits per heavy atom. The molecule has 2 fully saturated rings. The predicted molar refractivity (Wildman–Crippen MR) is 49.0 cm³/mol. The molecule has 1 aliphatic carbocycles. The summed E-state index contributed by atoms with van der Waals surface area (Å²) in [7, 11) is 0. The summed E-state index contributed by atoms with van der Waals surface area (Å²) >= 11 is 0. The lowest BCUT2D eigenvalue weighted by atomic mass is 9.90. The SMILES string of the molecule is O[C@@H]1CCC[C@H]1[C@H]1CCCCN1. The Morgan fingerprint density at radius 3 is 2.50 bits per heavy atom. The summed E-state index contributed by atoms with van der Waals surface area (Å²) < 4.78 is 0. The molecule has 1 saturated carbocycles. The molecule has 2 aliphatic rings. The molecule has 2 rings (SSSR count). The van der Waals surface area contributed by atoms with Gasteiger partial charge in [-0.2, -0.15) is 0 Å². The largest absolute Gasteiger partial charge is 0.393 e. The van der Waals surface area contributed by atoms with Crippen molar-refractivity contribution in [3.05, 3.63) is 0 Å². The van der Waals surface area contributed by atoms with E-state index in [0.29, 0.717) is 12.0 Å². The maximum absolute atomic E-state index is 9.70. The van der Waals surface area contributed by atoms with Crippen LogP contribution in [0.25, 0.3) is 0 Å². The van der Waals surface area contributed by atoms with Crippen LogP contribution in [0, 0.1) is 5.92 Å². The maximum Gasteiger partial charge on any atom is 0.0583 e. The van der Waals surface area contributed by atoms with Crippen LogP contribution in [0.15, 0.2) is 0 Å². The van der Waals surface area contributed by atoms with Crippen molar-refractivity contribution in [1.82, 2.24) is 5.32 Å². The number of rotatable bonds is 1. The van der Waals surface area contributed by atoms with E-state index in [9.17, 15) is 5.11 Å². The summed E-state index contributed by atoms with van der Waals surface area (Å²) in [5.74, 6) is 0.560. The lowest BCUT2D eigenvalue weighted by Crippen LogP contribution is -2.42. The molecule has 1 saturated heterocycles. The molecule has 2 nitrogen and oxygen atoms in total. The van der Waals surface area contributed by atoms with E-state index in [1.807, 2.05) is 0 Å². The van der Waals surface area contributed by atoms with E-state index in [2.05, 4.69) is 5.32 Å². The third kappa shape index (κ3) is 1.64. The average Bonchev–Trinajstić information content (AvgIpc) is 2.53. The van der Waals surface area contributed by atoms with Crippen LogP contribution in [0.3, 0.4) is 0 Å². The van der Waals surface area contributed by atoms with Gasteiger partial charge in [0.15, 0.2) is 0 Å². The first-order valence-corrected chi connectivity index (χ1v) is 5.29. The molecular weight excluding hydrogens is 150 g/mol. The molecule has 0 spiro atoms. The fourth-order valence-electron chi connectivity index (χ4n) is 2.68. The molecule has 0 bridgehead atoms. The van der Waals surface area contributed by atoms with Gasteiger partial charge >= 0.3 is 0 Å². The zero-order valence-corrected chi connectivity index (χ0v) is 7.63. The average molecular weight is 169 g/mol. The number of aliphatic hydroxyl groups is 1. The van der Waals surface area contributed by atoms with Gasteiger partial charge in [0.25, 0.3) is 0 Å². The highest BCUT2D eigenvalue weighted by Gasteiger charge is 2.32. The second-order valence-corrected chi connectivity index (χ2v) is 4.22. The van der Waals surface area contributed by atoms with Crippen molar-refractivity contribution < 1.29 is 5.11 Å². The Hall–Kier alpha value is -0.0800. The highest BCUT2D eigenvalue weighted by Crippen LogP contribution is 2.31. The molecule has 1 aliphatic heterocycles. The van der Waals surface area contributed by atoms with Gasteiger partial charge in [0, 0.05) is 12.0 Å². The molecule has 0 aromatic carbocycles. The van der Waals surface area contributed by atoms with E-state index in [1.54, 1.807) is 0 Å². The van der Waals surface area contributed by atoms with E-state index < -0.39 is 0 Å². The first kappa shape index (κ1) is 8.52. The molecular formula is C10H19NO. The minimum Gasteiger partial charge on any atom is -0.393 e. The quantitative estimate of drug-likeness (QED) is 0.620. The minimum absolute atomic E-state index is 0.0133. The zero-order chi connectivity index (χ0) is 8.39. The molecule has 0 amide bonds. The first-order valence-electron chi connectivity index (χ1n) is 5.29. The van der Waals surface area contributed by atoms with Crippen LogP contribution in [0.2, 0.25) is 0 Å². The highest BCUT2D eigenvalue weighted by molar-refractivity contribution is 4.88. The topological polar surface area (TPSA) is 32.3 Å². The van der Waals surface area contributed by atoms with Crippen molar-refractivity contribution in [3.8, 4) is 0 Å². The molecule has 2 heteroatoms. The van der Waals surface area contributed by atoms with Crippen molar-refractivity contribution in [2.75, 3.05) is 6.54 Å². The lowest BCUT2D eigenvalue weighted by Gasteiger charge is -2.30. The molecule has 0 unspecified atom stereocenters. The summed E-state index contributed by atoms with van der Waals surface area (Å²) in [6.07, 6.45) is 7.42. The van der Waals surface area contributed by atoms with E-state index in [4.69, 9.17) is 0 Å². The second kappa shape index (κ2) is 3.75. The van der Waals surface area contributed by atoms with Crippen molar-refractivity contribution in [3.63, 3.8) is 0 Å². The Labute approximate surface area is 74.4 Å². The molecule has 3 atom stereocenters. The van der Waals surface area contributed by atoms with Gasteiger partial charge in [-0.1, -0.05) is 12.8 Å². The van der Waals surface area contributed by atoms with Gasteiger partial charge in [-0.3, -0.25) is 0 Å². The van der Waals surface area contributed by atoms with Crippen LogP contribution in [0.5, 0.6) is 0 Å². The van der Waals surface area contributed by atoms with Gasteiger partial charge in [-0.15, -0.1) is 0 Å². The summed E-state index contributed by atoms with van der Waals surface area (Å²) in [5, 5.41) is 13.2. The van der Waals surface area contributed by atoms with Crippen LogP contribution in [-0.2, 0) is 0 Å². The van der Waals surface area contributed by atoms with Gasteiger partial charge in [0.1, 0.15) is 0 Å². The Kier molecular flexibility index (Phi) is 2.66. The van der Waals surface area contributed by atoms with Crippen LogP contribution < -0.4 is 5.32 Å². The standard InChI is InChI=1S/C10H19NO/c12-10-6-3-4-8(10)9-5-1-2-7-11-9/h8-12H,1-7H2/t8-,9+,10+/m0/s1. The van der Waals surface area contributed by atoms with Crippen LogP contribution in [0.4, 0.5) is 0 Å². The minimum atomic E-state index is -0.0133. The fourth-order valence-corrected chi connectivity index (χ4v) is 2.68. The van der Waals surface area contributed by atoms with Gasteiger partial charge in [0.05, 0.1) is 6.10 Å². The van der Waals surface area contributed by atoms with Crippen molar-refractivity contribution in [1.29, 1.82) is 0 Å². The Bertz CT molecular complexity index is 143.